The molecule has 0 bridgehead atoms. The van der Waals surface area contributed by atoms with Gasteiger partial charge in [0.05, 0.1) is 11.8 Å². The zero-order valence-corrected chi connectivity index (χ0v) is 11.7. The van der Waals surface area contributed by atoms with Crippen molar-refractivity contribution in [3.05, 3.63) is 47.2 Å². The van der Waals surface area contributed by atoms with Crippen LogP contribution in [0.2, 0.25) is 5.02 Å². The maximum atomic E-state index is 10.1. The fraction of sp³-hybridized carbons (Fsp3) is 0.357. The summed E-state index contributed by atoms with van der Waals surface area (Å²) < 4.78 is 7.38. The third-order valence-electron chi connectivity index (χ3n) is 2.85. The van der Waals surface area contributed by atoms with Crippen LogP contribution in [0.15, 0.2) is 36.5 Å². The van der Waals surface area contributed by atoms with Crippen LogP contribution in [0.5, 0.6) is 5.75 Å². The van der Waals surface area contributed by atoms with E-state index in [9.17, 15) is 5.11 Å². The molecule has 0 saturated carbocycles. The molecular weight excluding hydrogens is 264 g/mol. The fourth-order valence-corrected chi connectivity index (χ4v) is 1.97. The molecule has 0 fully saturated rings. The third-order valence-corrected chi connectivity index (χ3v) is 3.08. The molecule has 1 aromatic carbocycles. The minimum absolute atomic E-state index is 0.333. The number of rotatable bonds is 5. The molecule has 1 aromatic heterocycles. The van der Waals surface area contributed by atoms with Crippen LogP contribution in [0.3, 0.4) is 0 Å². The second kappa shape index (κ2) is 6.08. The van der Waals surface area contributed by atoms with Crippen molar-refractivity contribution in [2.24, 2.45) is 7.05 Å². The first-order valence-corrected chi connectivity index (χ1v) is 6.51. The van der Waals surface area contributed by atoms with Gasteiger partial charge >= 0.3 is 0 Å². The first kappa shape index (κ1) is 13.9. The fourth-order valence-electron chi connectivity index (χ4n) is 1.79. The van der Waals surface area contributed by atoms with Gasteiger partial charge in [-0.2, -0.15) is 5.10 Å². The first-order chi connectivity index (χ1) is 9.04. The molecule has 0 aliphatic heterocycles. The van der Waals surface area contributed by atoms with E-state index >= 15 is 0 Å². The molecular formula is C14H17ClN2O2. The summed E-state index contributed by atoms with van der Waals surface area (Å²) in [6.07, 6.45) is 1.36. The van der Waals surface area contributed by atoms with Crippen molar-refractivity contribution in [2.75, 3.05) is 0 Å². The van der Waals surface area contributed by atoms with E-state index in [4.69, 9.17) is 16.3 Å². The van der Waals surface area contributed by atoms with E-state index in [-0.39, 0.29) is 6.10 Å². The average Bonchev–Trinajstić information content (AvgIpc) is 2.74. The third kappa shape index (κ3) is 3.98. The molecule has 0 amide bonds. The van der Waals surface area contributed by atoms with Gasteiger partial charge in [0.25, 0.3) is 0 Å². The molecule has 2 unspecified atom stereocenters. The van der Waals surface area contributed by atoms with E-state index in [0.717, 1.165) is 5.69 Å². The molecule has 0 aliphatic rings. The molecule has 102 valence electrons. The number of benzene rings is 1. The zero-order chi connectivity index (χ0) is 13.8. The van der Waals surface area contributed by atoms with Gasteiger partial charge in [0.15, 0.2) is 0 Å². The van der Waals surface area contributed by atoms with Gasteiger partial charge in [-0.1, -0.05) is 17.7 Å². The van der Waals surface area contributed by atoms with E-state index in [1.54, 1.807) is 16.8 Å². The Balaban J connectivity index is 1.93. The molecule has 0 spiro atoms. The first-order valence-electron chi connectivity index (χ1n) is 6.13. The van der Waals surface area contributed by atoms with Crippen molar-refractivity contribution in [1.29, 1.82) is 0 Å². The highest BCUT2D eigenvalue weighted by atomic mass is 35.5. The normalized spacial score (nSPS) is 14.1. The summed E-state index contributed by atoms with van der Waals surface area (Å²) in [5, 5.41) is 15.0. The Morgan fingerprint density at radius 2 is 2.21 bits per heavy atom. The highest BCUT2D eigenvalue weighted by Gasteiger charge is 2.17. The van der Waals surface area contributed by atoms with E-state index < -0.39 is 6.10 Å². The van der Waals surface area contributed by atoms with Gasteiger partial charge < -0.3 is 9.84 Å². The number of aliphatic hydroxyl groups is 1. The molecule has 0 radical (unpaired) electrons. The highest BCUT2D eigenvalue weighted by Crippen LogP contribution is 2.19. The Labute approximate surface area is 117 Å². The Morgan fingerprint density at radius 3 is 2.84 bits per heavy atom. The maximum Gasteiger partial charge on any atom is 0.122 e. The van der Waals surface area contributed by atoms with Gasteiger partial charge in [0.2, 0.25) is 0 Å². The van der Waals surface area contributed by atoms with Gasteiger partial charge in [-0.15, -0.1) is 0 Å². The standard InChI is InChI=1S/C14H17ClN2O2/c1-10(19-13-5-3-4-11(15)8-13)14(18)9-12-6-7-17(2)16-12/h3-8,10,14,18H,9H2,1-2H3. The van der Waals surface area contributed by atoms with Crippen molar-refractivity contribution in [2.45, 2.75) is 25.6 Å². The lowest BCUT2D eigenvalue weighted by molar-refractivity contribution is 0.0472. The second-order valence-corrected chi connectivity index (χ2v) is 4.97. The van der Waals surface area contributed by atoms with Gasteiger partial charge in [0, 0.05) is 24.7 Å². The van der Waals surface area contributed by atoms with Gasteiger partial charge in [0.1, 0.15) is 11.9 Å². The van der Waals surface area contributed by atoms with E-state index in [2.05, 4.69) is 5.10 Å². The minimum Gasteiger partial charge on any atom is -0.488 e. The summed E-state index contributed by atoms with van der Waals surface area (Å²) in [5.41, 5.74) is 0.844. The molecule has 1 N–H and O–H groups in total. The van der Waals surface area contributed by atoms with Crippen molar-refractivity contribution in [3.8, 4) is 5.75 Å². The Hall–Kier alpha value is -1.52. The monoisotopic (exact) mass is 280 g/mol. The summed E-state index contributed by atoms with van der Waals surface area (Å²) >= 11 is 5.89. The van der Waals surface area contributed by atoms with E-state index in [1.165, 1.54) is 0 Å². The van der Waals surface area contributed by atoms with Crippen molar-refractivity contribution in [3.63, 3.8) is 0 Å². The van der Waals surface area contributed by atoms with Gasteiger partial charge in [-0.25, -0.2) is 0 Å². The van der Waals surface area contributed by atoms with Crippen LogP contribution in [-0.4, -0.2) is 27.1 Å². The van der Waals surface area contributed by atoms with E-state index in [1.807, 2.05) is 38.4 Å². The van der Waals surface area contributed by atoms with Crippen LogP contribution in [0.25, 0.3) is 0 Å². The number of hydrogen-bond acceptors (Lipinski definition) is 3. The number of halogens is 1. The SMILES string of the molecule is CC(Oc1cccc(Cl)c1)C(O)Cc1ccn(C)n1. The van der Waals surface area contributed by atoms with Gasteiger partial charge in [-0.05, 0) is 31.2 Å². The van der Waals surface area contributed by atoms with E-state index in [0.29, 0.717) is 17.2 Å². The topological polar surface area (TPSA) is 47.3 Å². The second-order valence-electron chi connectivity index (χ2n) is 4.53. The average molecular weight is 281 g/mol. The number of hydrogen-bond donors (Lipinski definition) is 1. The lowest BCUT2D eigenvalue weighted by Crippen LogP contribution is -2.30. The summed E-state index contributed by atoms with van der Waals surface area (Å²) in [7, 11) is 1.85. The zero-order valence-electron chi connectivity index (χ0n) is 11.0. The number of ether oxygens (including phenoxy) is 1. The molecule has 5 heteroatoms. The van der Waals surface area contributed by atoms with Crippen LogP contribution in [0.1, 0.15) is 12.6 Å². The predicted octanol–water partition coefficient (Wildman–Crippen LogP) is 2.44. The molecule has 2 aromatic rings. The molecule has 4 nitrogen and oxygen atoms in total. The van der Waals surface area contributed by atoms with Crippen LogP contribution >= 0.6 is 11.6 Å². The number of aryl methyl sites for hydroxylation is 1. The largest absolute Gasteiger partial charge is 0.488 e. The van der Waals surface area contributed by atoms with Crippen molar-refractivity contribution < 1.29 is 9.84 Å². The van der Waals surface area contributed by atoms with Crippen LogP contribution in [0, 0.1) is 0 Å². The van der Waals surface area contributed by atoms with Crippen LogP contribution in [-0.2, 0) is 13.5 Å². The smallest absolute Gasteiger partial charge is 0.122 e. The number of nitrogens with zero attached hydrogens (tertiary/aromatic N) is 2. The van der Waals surface area contributed by atoms with Gasteiger partial charge in [-0.3, -0.25) is 4.68 Å². The molecule has 1 heterocycles. The summed E-state index contributed by atoms with van der Waals surface area (Å²) in [6.45, 7) is 1.83. The summed E-state index contributed by atoms with van der Waals surface area (Å²) in [4.78, 5) is 0. The van der Waals surface area contributed by atoms with Crippen molar-refractivity contribution in [1.82, 2.24) is 9.78 Å². The summed E-state index contributed by atoms with van der Waals surface area (Å²) in [5.74, 6) is 0.653. The quantitative estimate of drug-likeness (QED) is 0.915. The lowest BCUT2D eigenvalue weighted by atomic mass is 10.1. The predicted molar refractivity (Wildman–Crippen MR) is 74.5 cm³/mol. The van der Waals surface area contributed by atoms with Crippen LogP contribution < -0.4 is 4.74 Å². The Kier molecular flexibility index (Phi) is 4.45. The molecule has 0 saturated heterocycles. The summed E-state index contributed by atoms with van der Waals surface area (Å²) in [6, 6.07) is 9.02. The molecule has 2 rings (SSSR count). The molecule has 0 aliphatic carbocycles. The Morgan fingerprint density at radius 1 is 1.42 bits per heavy atom. The Bertz CT molecular complexity index is 542. The highest BCUT2D eigenvalue weighted by molar-refractivity contribution is 6.30. The minimum atomic E-state index is -0.617. The van der Waals surface area contributed by atoms with Crippen LogP contribution in [0.4, 0.5) is 0 Å². The molecule has 19 heavy (non-hydrogen) atoms. The molecule has 2 atom stereocenters. The number of aliphatic hydroxyl groups excluding tert-OH is 1. The van der Waals surface area contributed by atoms with Crippen molar-refractivity contribution >= 4 is 11.6 Å². The number of aromatic nitrogens is 2. The lowest BCUT2D eigenvalue weighted by Gasteiger charge is -2.20. The maximum absolute atomic E-state index is 10.1.